The van der Waals surface area contributed by atoms with Crippen molar-refractivity contribution in [1.82, 2.24) is 19.0 Å². The molecule has 1 saturated heterocycles. The van der Waals surface area contributed by atoms with Gasteiger partial charge in [0.2, 0.25) is 27.7 Å². The first-order chi connectivity index (χ1) is 27.8. The highest BCUT2D eigenvalue weighted by Gasteiger charge is 2.64. The quantitative estimate of drug-likeness (QED) is 0.208. The number of rotatable bonds is 8. The molecule has 5 amide bonds. The molecule has 0 unspecified atom stereocenters. The fourth-order valence-corrected chi connectivity index (χ4v) is 10.4. The number of nitrogens with zero attached hydrogens (tertiary/aromatic N) is 4. The van der Waals surface area contributed by atoms with E-state index in [9.17, 15) is 46.4 Å². The lowest BCUT2D eigenvalue weighted by Crippen LogP contribution is -2.51. The molecule has 3 fully saturated rings. The molecule has 1 aromatic carbocycles. The van der Waals surface area contributed by atoms with E-state index in [1.54, 1.807) is 39.0 Å². The van der Waals surface area contributed by atoms with E-state index in [1.807, 2.05) is 0 Å². The Labute approximate surface area is 352 Å². The van der Waals surface area contributed by atoms with E-state index < -0.39 is 122 Å². The van der Waals surface area contributed by atoms with Crippen LogP contribution >= 0.6 is 23.2 Å². The molecule has 2 saturated carbocycles. The van der Waals surface area contributed by atoms with Crippen LogP contribution in [0.1, 0.15) is 83.3 Å². The van der Waals surface area contributed by atoms with Crippen molar-refractivity contribution in [2.45, 2.75) is 108 Å². The van der Waals surface area contributed by atoms with E-state index in [4.69, 9.17) is 32.7 Å². The van der Waals surface area contributed by atoms with Crippen molar-refractivity contribution in [3.05, 3.63) is 47.3 Å². The average Bonchev–Trinajstić information content (AvgIpc) is 4.05. The van der Waals surface area contributed by atoms with Crippen LogP contribution in [0.15, 0.2) is 30.4 Å². The number of ether oxygens (including phenoxy) is 2. The lowest BCUT2D eigenvalue weighted by molar-refractivity contribution is -0.159. The molecule has 322 valence electrons. The van der Waals surface area contributed by atoms with Gasteiger partial charge in [0.15, 0.2) is 5.78 Å². The molecule has 6 rings (SSSR count). The highest BCUT2D eigenvalue weighted by molar-refractivity contribution is 7.91. The Morgan fingerprint density at radius 2 is 1.75 bits per heavy atom. The van der Waals surface area contributed by atoms with E-state index in [0.717, 1.165) is 0 Å². The second kappa shape index (κ2) is 17.5. The summed E-state index contributed by atoms with van der Waals surface area (Å²) in [5, 5.41) is -0.945. The highest BCUT2D eigenvalue weighted by atomic mass is 35.5. The number of esters is 1. The molecule has 15 nitrogen and oxygen atoms in total. The predicted octanol–water partition coefficient (Wildman–Crippen LogP) is 4.06. The number of hydrogen-bond donors (Lipinski definition) is 0. The summed E-state index contributed by atoms with van der Waals surface area (Å²) in [5.74, 6) is -8.47. The van der Waals surface area contributed by atoms with Crippen LogP contribution in [-0.2, 0) is 61.4 Å². The molecule has 3 heterocycles. The van der Waals surface area contributed by atoms with Gasteiger partial charge in [-0.05, 0) is 70.4 Å². The molecule has 0 bridgehead atoms. The monoisotopic (exact) mass is 882 g/mol. The molecule has 0 radical (unpaired) electrons. The predicted molar refractivity (Wildman–Crippen MR) is 210 cm³/mol. The Morgan fingerprint density at radius 1 is 1.02 bits per heavy atom. The number of ketones is 1. The maximum atomic E-state index is 14.8. The summed E-state index contributed by atoms with van der Waals surface area (Å²) in [5.41, 5.74) is -1.67. The lowest BCUT2D eigenvalue weighted by Gasteiger charge is -2.32. The number of hydrogen-bond acceptors (Lipinski definition) is 11. The summed E-state index contributed by atoms with van der Waals surface area (Å²) < 4.78 is 53.2. The fourth-order valence-electron chi connectivity index (χ4n) is 8.22. The third-order valence-corrected chi connectivity index (χ3v) is 14.1. The van der Waals surface area contributed by atoms with Gasteiger partial charge in [-0.15, -0.1) is 23.2 Å². The summed E-state index contributed by atoms with van der Waals surface area (Å²) in [7, 11) is -4.44. The van der Waals surface area contributed by atoms with Crippen LogP contribution in [0.3, 0.4) is 0 Å². The van der Waals surface area contributed by atoms with Crippen molar-refractivity contribution in [3.63, 3.8) is 0 Å². The van der Waals surface area contributed by atoms with E-state index in [1.165, 1.54) is 26.8 Å². The van der Waals surface area contributed by atoms with Gasteiger partial charge < -0.3 is 19.3 Å². The molecule has 5 atom stereocenters. The Bertz CT molecular complexity index is 2040. The minimum absolute atomic E-state index is 0.0175. The number of amides is 5. The van der Waals surface area contributed by atoms with Gasteiger partial charge in [-0.25, -0.2) is 17.6 Å². The van der Waals surface area contributed by atoms with Crippen molar-refractivity contribution in [2.24, 2.45) is 17.3 Å². The maximum Gasteiger partial charge on any atom is 0.410 e. The van der Waals surface area contributed by atoms with Crippen LogP contribution < -0.4 is 0 Å². The number of sulfonamides is 1. The number of Topliss-reactive ketones (excluding diaryl/α,β-unsaturated/α-hetero) is 1. The Morgan fingerprint density at radius 3 is 2.39 bits per heavy atom. The zero-order valence-electron chi connectivity index (χ0n) is 33.2. The summed E-state index contributed by atoms with van der Waals surface area (Å²) in [4.78, 5) is 101. The van der Waals surface area contributed by atoms with Gasteiger partial charge in [-0.1, -0.05) is 24.3 Å². The average molecular weight is 884 g/mol. The highest BCUT2D eigenvalue weighted by Crippen LogP contribution is 2.58. The number of halogens is 3. The van der Waals surface area contributed by atoms with Crippen LogP contribution in [0.4, 0.5) is 9.18 Å². The standard InChI is InChI=1S/C40H49Cl2FN4O11S/c1-39(2,3)58-35(51)14-25-21-44(33(49)18-41)13-6-4-5-9-26-16-40(26,37(53)47(34(50)19-42)59(55,56)28-11-12-28)17-32(48)31-15-27(22-46(31)36(25)52)57-38(54)45-20-24-8-7-10-30(43)29(24)23-45/h5,7-10,25-28,31H,4,6,11-23H2,1-3H3/b9-5-/t25-,26+,27+,31-,40+/m0/s1. The number of carbonyl (C=O) groups is 7. The van der Waals surface area contributed by atoms with Crippen molar-refractivity contribution < 1.29 is 55.8 Å². The molecule has 2 aliphatic carbocycles. The largest absolute Gasteiger partial charge is 0.460 e. The summed E-state index contributed by atoms with van der Waals surface area (Å²) in [6.07, 6.45) is 1.53. The fraction of sp³-hybridized carbons (Fsp3) is 0.625. The summed E-state index contributed by atoms with van der Waals surface area (Å²) in [6, 6.07) is 3.16. The maximum absolute atomic E-state index is 14.8. The van der Waals surface area contributed by atoms with Gasteiger partial charge in [0.05, 0.1) is 42.1 Å². The van der Waals surface area contributed by atoms with Gasteiger partial charge in [0.1, 0.15) is 29.3 Å². The molecule has 59 heavy (non-hydrogen) atoms. The second-order valence-corrected chi connectivity index (χ2v) is 19.6. The minimum atomic E-state index is -4.44. The third kappa shape index (κ3) is 9.77. The van der Waals surface area contributed by atoms with Gasteiger partial charge in [-0.2, -0.15) is 4.31 Å². The van der Waals surface area contributed by atoms with E-state index >= 15 is 0 Å². The molecule has 0 N–H and O–H groups in total. The van der Waals surface area contributed by atoms with Crippen LogP contribution in [0.5, 0.6) is 0 Å². The normalized spacial score (nSPS) is 26.8. The molecule has 19 heteroatoms. The Hall–Kier alpha value is -4.09. The number of allylic oxidation sites excluding steroid dienone is 2. The summed E-state index contributed by atoms with van der Waals surface area (Å²) >= 11 is 11.8. The van der Waals surface area contributed by atoms with Crippen molar-refractivity contribution in [2.75, 3.05) is 31.4 Å². The third-order valence-electron chi connectivity index (χ3n) is 11.4. The van der Waals surface area contributed by atoms with Crippen LogP contribution in [0.25, 0.3) is 0 Å². The topological polar surface area (TPSA) is 185 Å². The van der Waals surface area contributed by atoms with Crippen molar-refractivity contribution in [1.29, 1.82) is 0 Å². The first kappa shape index (κ1) is 44.5. The van der Waals surface area contributed by atoms with Gasteiger partial charge in [-0.3, -0.25) is 33.7 Å². The number of imide groups is 1. The zero-order valence-corrected chi connectivity index (χ0v) is 35.5. The number of carbonyl (C=O) groups excluding carboxylic acids is 7. The molecule has 5 aliphatic rings. The molecule has 0 aromatic heterocycles. The molecular formula is C40H49Cl2FN4O11S. The van der Waals surface area contributed by atoms with Gasteiger partial charge in [0.25, 0.3) is 5.91 Å². The Kier molecular flexibility index (Phi) is 13.2. The smallest absolute Gasteiger partial charge is 0.410 e. The van der Waals surface area contributed by atoms with E-state index in [2.05, 4.69) is 0 Å². The lowest BCUT2D eigenvalue weighted by atomic mass is 9.90. The number of fused-ring (bicyclic) bond motifs is 3. The summed E-state index contributed by atoms with van der Waals surface area (Å²) in [6.45, 7) is 4.51. The van der Waals surface area contributed by atoms with Crippen LogP contribution in [-0.4, -0.2) is 123 Å². The number of benzene rings is 1. The molecule has 3 aliphatic heterocycles. The number of alkyl halides is 2. The molecular weight excluding hydrogens is 834 g/mol. The van der Waals surface area contributed by atoms with E-state index in [-0.39, 0.29) is 62.7 Å². The van der Waals surface area contributed by atoms with E-state index in [0.29, 0.717) is 24.0 Å². The SMILES string of the molecule is CC(C)(C)OC(=O)C[C@H]1CN(C(=O)CCl)CCC/C=C\[C@@H]2C[C@@]2(C(=O)N(C(=O)CCl)S(=O)(=O)C2CC2)CC(=O)[C@@H]2C[C@@H](OC(=O)N3Cc4cccc(F)c4C3)CN2C1=O. The van der Waals surface area contributed by atoms with Crippen molar-refractivity contribution in [3.8, 4) is 0 Å². The van der Waals surface area contributed by atoms with Gasteiger partial charge in [0, 0.05) is 38.0 Å². The van der Waals surface area contributed by atoms with Gasteiger partial charge >= 0.3 is 12.1 Å². The second-order valence-electron chi connectivity index (χ2n) is 17.0. The Balaban J connectivity index is 1.35. The zero-order chi connectivity index (χ0) is 43.0. The van der Waals surface area contributed by atoms with Crippen molar-refractivity contribution >= 4 is 74.7 Å². The first-order valence-corrected chi connectivity index (χ1v) is 22.3. The first-order valence-electron chi connectivity index (χ1n) is 19.7. The minimum Gasteiger partial charge on any atom is -0.460 e. The molecule has 0 spiro atoms. The van der Waals surface area contributed by atoms with Crippen LogP contribution in [0, 0.1) is 23.1 Å². The molecule has 1 aromatic rings. The van der Waals surface area contributed by atoms with Crippen LogP contribution in [0.2, 0.25) is 0 Å².